The molecule has 1 rings (SSSR count). The van der Waals surface area contributed by atoms with Gasteiger partial charge in [0.05, 0.1) is 24.5 Å². The first-order chi connectivity index (χ1) is 9.10. The average Bonchev–Trinajstić information content (AvgIpc) is 2.37. The minimum atomic E-state index is -0.562. The SMILES string of the molecule is CCOCCNc1cc(C(=O)OCC)c(N)cc1F. The molecule has 1 aromatic rings. The van der Waals surface area contributed by atoms with Gasteiger partial charge in [0.2, 0.25) is 0 Å². The summed E-state index contributed by atoms with van der Waals surface area (Å²) in [5, 5.41) is 2.85. The van der Waals surface area contributed by atoms with E-state index in [4.69, 9.17) is 15.2 Å². The summed E-state index contributed by atoms with van der Waals surface area (Å²) in [4.78, 5) is 11.6. The largest absolute Gasteiger partial charge is 0.462 e. The highest BCUT2D eigenvalue weighted by atomic mass is 19.1. The first kappa shape index (κ1) is 15.2. The lowest BCUT2D eigenvalue weighted by Crippen LogP contribution is -2.13. The van der Waals surface area contributed by atoms with Gasteiger partial charge in [-0.05, 0) is 26.0 Å². The first-order valence-electron chi connectivity index (χ1n) is 6.17. The lowest BCUT2D eigenvalue weighted by molar-refractivity contribution is 0.0527. The number of rotatable bonds is 7. The molecule has 0 aliphatic carbocycles. The third kappa shape index (κ3) is 4.40. The number of hydrogen-bond acceptors (Lipinski definition) is 5. The molecule has 0 aliphatic heterocycles. The fourth-order valence-electron chi connectivity index (χ4n) is 1.51. The van der Waals surface area contributed by atoms with Crippen molar-refractivity contribution >= 4 is 17.3 Å². The van der Waals surface area contributed by atoms with Crippen LogP contribution in [-0.4, -0.2) is 32.3 Å². The number of anilines is 2. The Labute approximate surface area is 111 Å². The Hall–Kier alpha value is -1.82. The minimum Gasteiger partial charge on any atom is -0.462 e. The van der Waals surface area contributed by atoms with Gasteiger partial charge in [0, 0.05) is 18.8 Å². The molecule has 19 heavy (non-hydrogen) atoms. The Balaban J connectivity index is 2.81. The highest BCUT2D eigenvalue weighted by molar-refractivity contribution is 5.96. The molecule has 106 valence electrons. The van der Waals surface area contributed by atoms with E-state index in [-0.39, 0.29) is 23.5 Å². The summed E-state index contributed by atoms with van der Waals surface area (Å²) < 4.78 is 23.6. The van der Waals surface area contributed by atoms with E-state index in [2.05, 4.69) is 5.32 Å². The number of carbonyl (C=O) groups excluding carboxylic acids is 1. The number of ether oxygens (including phenoxy) is 2. The Kier molecular flexibility index (Phi) is 6.08. The summed E-state index contributed by atoms with van der Waals surface area (Å²) in [6.45, 7) is 5.30. The van der Waals surface area contributed by atoms with Gasteiger partial charge in [0.1, 0.15) is 5.82 Å². The quantitative estimate of drug-likeness (QED) is 0.450. The van der Waals surface area contributed by atoms with Gasteiger partial charge in [0.15, 0.2) is 0 Å². The van der Waals surface area contributed by atoms with E-state index in [1.54, 1.807) is 6.92 Å². The van der Waals surface area contributed by atoms with Crippen molar-refractivity contribution in [3.8, 4) is 0 Å². The van der Waals surface area contributed by atoms with Crippen LogP contribution in [0, 0.1) is 5.82 Å². The van der Waals surface area contributed by atoms with Crippen molar-refractivity contribution < 1.29 is 18.7 Å². The van der Waals surface area contributed by atoms with E-state index < -0.39 is 11.8 Å². The van der Waals surface area contributed by atoms with Crippen molar-refractivity contribution in [2.45, 2.75) is 13.8 Å². The number of halogens is 1. The predicted molar refractivity (Wildman–Crippen MR) is 71.8 cm³/mol. The number of benzene rings is 1. The van der Waals surface area contributed by atoms with Crippen molar-refractivity contribution in [3.05, 3.63) is 23.5 Å². The van der Waals surface area contributed by atoms with E-state index in [1.165, 1.54) is 6.07 Å². The molecule has 0 amide bonds. The van der Waals surface area contributed by atoms with Crippen molar-refractivity contribution in [3.63, 3.8) is 0 Å². The molecule has 3 N–H and O–H groups in total. The zero-order valence-corrected chi connectivity index (χ0v) is 11.2. The van der Waals surface area contributed by atoms with E-state index >= 15 is 0 Å². The van der Waals surface area contributed by atoms with Gasteiger partial charge in [0.25, 0.3) is 0 Å². The maximum Gasteiger partial charge on any atom is 0.340 e. The van der Waals surface area contributed by atoms with Crippen molar-refractivity contribution in [1.82, 2.24) is 0 Å². The normalized spacial score (nSPS) is 10.3. The third-order valence-electron chi connectivity index (χ3n) is 2.40. The zero-order valence-electron chi connectivity index (χ0n) is 11.2. The van der Waals surface area contributed by atoms with Gasteiger partial charge in [-0.3, -0.25) is 0 Å². The lowest BCUT2D eigenvalue weighted by atomic mass is 10.1. The van der Waals surface area contributed by atoms with Gasteiger partial charge < -0.3 is 20.5 Å². The molecular formula is C13H19FN2O3. The average molecular weight is 270 g/mol. The van der Waals surface area contributed by atoms with Gasteiger partial charge in [-0.2, -0.15) is 0 Å². The molecule has 0 aromatic heterocycles. The fourth-order valence-corrected chi connectivity index (χ4v) is 1.51. The van der Waals surface area contributed by atoms with E-state index in [1.807, 2.05) is 6.92 Å². The molecule has 0 aliphatic rings. The molecule has 0 unspecified atom stereocenters. The molecule has 1 aromatic carbocycles. The van der Waals surface area contributed by atoms with Crippen LogP contribution >= 0.6 is 0 Å². The number of nitrogen functional groups attached to an aromatic ring is 1. The van der Waals surface area contributed by atoms with Crippen molar-refractivity contribution in [2.24, 2.45) is 0 Å². The molecule has 6 heteroatoms. The standard InChI is InChI=1S/C13H19FN2O3/c1-3-18-6-5-16-12-7-9(13(17)19-4-2)11(15)8-10(12)14/h7-8,16H,3-6,15H2,1-2H3. The van der Waals surface area contributed by atoms with Crippen LogP contribution in [0.3, 0.4) is 0 Å². The second kappa shape index (κ2) is 7.58. The summed E-state index contributed by atoms with van der Waals surface area (Å²) in [6, 6.07) is 2.46. The Bertz CT molecular complexity index is 438. The number of esters is 1. The van der Waals surface area contributed by atoms with Crippen LogP contribution in [0.5, 0.6) is 0 Å². The monoisotopic (exact) mass is 270 g/mol. The molecule has 0 saturated carbocycles. The Morgan fingerprint density at radius 1 is 1.37 bits per heavy atom. The van der Waals surface area contributed by atoms with Crippen LogP contribution in [0.2, 0.25) is 0 Å². The predicted octanol–water partition coefficient (Wildman–Crippen LogP) is 2.03. The smallest absolute Gasteiger partial charge is 0.340 e. The van der Waals surface area contributed by atoms with Crippen molar-refractivity contribution in [2.75, 3.05) is 37.4 Å². The Morgan fingerprint density at radius 2 is 2.11 bits per heavy atom. The van der Waals surface area contributed by atoms with Gasteiger partial charge in [-0.1, -0.05) is 0 Å². The van der Waals surface area contributed by atoms with Gasteiger partial charge >= 0.3 is 5.97 Å². The second-order valence-electron chi connectivity index (χ2n) is 3.76. The molecule has 0 heterocycles. The van der Waals surface area contributed by atoms with Crippen LogP contribution in [-0.2, 0) is 9.47 Å². The first-order valence-corrected chi connectivity index (χ1v) is 6.17. The minimum absolute atomic E-state index is 0.0614. The highest BCUT2D eigenvalue weighted by Crippen LogP contribution is 2.22. The van der Waals surface area contributed by atoms with E-state index in [0.29, 0.717) is 19.8 Å². The van der Waals surface area contributed by atoms with E-state index in [9.17, 15) is 9.18 Å². The van der Waals surface area contributed by atoms with E-state index in [0.717, 1.165) is 6.07 Å². The molecule has 5 nitrogen and oxygen atoms in total. The zero-order chi connectivity index (χ0) is 14.3. The maximum atomic E-state index is 13.7. The number of nitrogens with one attached hydrogen (secondary N) is 1. The highest BCUT2D eigenvalue weighted by Gasteiger charge is 2.14. The summed E-state index contributed by atoms with van der Waals surface area (Å²) in [7, 11) is 0. The molecule has 0 saturated heterocycles. The number of nitrogens with two attached hydrogens (primary N) is 1. The molecule has 0 bridgehead atoms. The Morgan fingerprint density at radius 3 is 2.74 bits per heavy atom. The summed E-state index contributed by atoms with van der Waals surface area (Å²) in [5.41, 5.74) is 6.03. The maximum absolute atomic E-state index is 13.7. The summed E-state index contributed by atoms with van der Waals surface area (Å²) in [5.74, 6) is -1.07. The molecule has 0 radical (unpaired) electrons. The fraction of sp³-hybridized carbons (Fsp3) is 0.462. The van der Waals surface area contributed by atoms with Crippen LogP contribution < -0.4 is 11.1 Å². The van der Waals surface area contributed by atoms with Crippen LogP contribution in [0.1, 0.15) is 24.2 Å². The number of carbonyl (C=O) groups is 1. The third-order valence-corrected chi connectivity index (χ3v) is 2.40. The van der Waals surface area contributed by atoms with Gasteiger partial charge in [-0.25, -0.2) is 9.18 Å². The van der Waals surface area contributed by atoms with Crippen molar-refractivity contribution in [1.29, 1.82) is 0 Å². The van der Waals surface area contributed by atoms with Crippen LogP contribution in [0.25, 0.3) is 0 Å². The molecule has 0 spiro atoms. The second-order valence-corrected chi connectivity index (χ2v) is 3.76. The molecular weight excluding hydrogens is 251 g/mol. The lowest BCUT2D eigenvalue weighted by Gasteiger charge is -2.11. The van der Waals surface area contributed by atoms with Gasteiger partial charge in [-0.15, -0.1) is 0 Å². The molecule has 0 atom stereocenters. The summed E-state index contributed by atoms with van der Waals surface area (Å²) >= 11 is 0. The topological polar surface area (TPSA) is 73.6 Å². The molecule has 0 fully saturated rings. The number of hydrogen-bond donors (Lipinski definition) is 2. The van der Waals surface area contributed by atoms with Crippen LogP contribution in [0.4, 0.5) is 15.8 Å². The summed E-state index contributed by atoms with van der Waals surface area (Å²) in [6.07, 6.45) is 0. The van der Waals surface area contributed by atoms with Crippen LogP contribution in [0.15, 0.2) is 12.1 Å².